The van der Waals surface area contributed by atoms with Gasteiger partial charge in [0.25, 0.3) is 0 Å². The molecule has 0 saturated heterocycles. The lowest BCUT2D eigenvalue weighted by Gasteiger charge is -2.29. The van der Waals surface area contributed by atoms with Gasteiger partial charge in [-0.1, -0.05) is 18.2 Å². The van der Waals surface area contributed by atoms with Gasteiger partial charge in [-0.05, 0) is 54.5 Å². The van der Waals surface area contributed by atoms with Gasteiger partial charge in [-0.2, -0.15) is 0 Å². The molecule has 0 atom stereocenters. The number of ether oxygens (including phenoxy) is 5. The smallest absolute Gasteiger partial charge is 0.231 e. The van der Waals surface area contributed by atoms with Gasteiger partial charge in [0.1, 0.15) is 35.5 Å². The number of para-hydroxylation sites is 1. The first-order valence-electron chi connectivity index (χ1n) is 11.4. The van der Waals surface area contributed by atoms with E-state index >= 15 is 0 Å². The van der Waals surface area contributed by atoms with Gasteiger partial charge in [-0.15, -0.1) is 0 Å². The first-order valence-corrected chi connectivity index (χ1v) is 11.4. The Morgan fingerprint density at radius 2 is 1.80 bits per heavy atom. The van der Waals surface area contributed by atoms with Crippen LogP contribution in [0.25, 0.3) is 6.08 Å². The van der Waals surface area contributed by atoms with E-state index in [1.54, 1.807) is 45.6 Å². The molecule has 3 aromatic rings. The molecule has 0 bridgehead atoms. The fourth-order valence-corrected chi connectivity index (χ4v) is 4.43. The number of hydrogen-bond donors (Lipinski definition) is 0. The molecule has 7 heteroatoms. The average Bonchev–Trinajstić information content (AvgIpc) is 3.22. The molecule has 2 aliphatic rings. The largest absolute Gasteiger partial charge is 0.497 e. The summed E-state index contributed by atoms with van der Waals surface area (Å²) in [5.41, 5.74) is 3.25. The van der Waals surface area contributed by atoms with Gasteiger partial charge in [-0.3, -0.25) is 9.69 Å². The summed E-state index contributed by atoms with van der Waals surface area (Å²) in [6.45, 7) is 1.87. The van der Waals surface area contributed by atoms with Crippen LogP contribution in [0.1, 0.15) is 27.0 Å². The summed E-state index contributed by atoms with van der Waals surface area (Å²) in [7, 11) is 4.86. The van der Waals surface area contributed by atoms with Crippen LogP contribution >= 0.6 is 0 Å². The summed E-state index contributed by atoms with van der Waals surface area (Å²) in [4.78, 5) is 15.4. The van der Waals surface area contributed by atoms with E-state index in [-0.39, 0.29) is 11.5 Å². The van der Waals surface area contributed by atoms with E-state index in [0.29, 0.717) is 41.7 Å². The van der Waals surface area contributed by atoms with Crippen LogP contribution in [0.15, 0.2) is 60.4 Å². The quantitative estimate of drug-likeness (QED) is 0.460. The molecule has 0 spiro atoms. The summed E-state index contributed by atoms with van der Waals surface area (Å²) in [6, 6.07) is 17.0. The number of Topliss-reactive ketones (excluding diaryl/α,β-unsaturated/α-hetero) is 1. The van der Waals surface area contributed by atoms with Crippen molar-refractivity contribution in [1.29, 1.82) is 0 Å². The highest BCUT2D eigenvalue weighted by Crippen LogP contribution is 2.42. The summed E-state index contributed by atoms with van der Waals surface area (Å²) >= 11 is 0. The number of rotatable bonds is 7. The fourth-order valence-electron chi connectivity index (χ4n) is 4.43. The van der Waals surface area contributed by atoms with Gasteiger partial charge in [-0.25, -0.2) is 0 Å². The van der Waals surface area contributed by atoms with Crippen molar-refractivity contribution < 1.29 is 28.5 Å². The topological polar surface area (TPSA) is 66.5 Å². The minimum Gasteiger partial charge on any atom is -0.497 e. The van der Waals surface area contributed by atoms with Crippen molar-refractivity contribution in [2.75, 3.05) is 34.6 Å². The molecule has 0 saturated carbocycles. The zero-order valence-corrected chi connectivity index (χ0v) is 20.0. The maximum Gasteiger partial charge on any atom is 0.231 e. The molecule has 3 aromatic carbocycles. The van der Waals surface area contributed by atoms with Crippen molar-refractivity contribution in [1.82, 2.24) is 4.90 Å². The summed E-state index contributed by atoms with van der Waals surface area (Å²) in [5.74, 6) is 3.54. The average molecular weight is 474 g/mol. The Kier molecular flexibility index (Phi) is 6.33. The molecule has 0 radical (unpaired) electrons. The fraction of sp³-hybridized carbons (Fsp3) is 0.250. The molecule has 0 fully saturated rings. The molecule has 0 aromatic heterocycles. The van der Waals surface area contributed by atoms with Crippen LogP contribution < -0.4 is 23.7 Å². The van der Waals surface area contributed by atoms with E-state index in [9.17, 15) is 4.79 Å². The van der Waals surface area contributed by atoms with E-state index in [1.807, 2.05) is 30.3 Å². The number of carbonyl (C=O) groups is 1. The Morgan fingerprint density at radius 3 is 2.60 bits per heavy atom. The third-order valence-corrected chi connectivity index (χ3v) is 6.30. The number of benzene rings is 3. The molecule has 5 rings (SSSR count). The number of hydrogen-bond acceptors (Lipinski definition) is 7. The monoisotopic (exact) mass is 473 g/mol. The van der Waals surface area contributed by atoms with Gasteiger partial charge >= 0.3 is 0 Å². The second kappa shape index (κ2) is 9.72. The van der Waals surface area contributed by atoms with Crippen LogP contribution in [-0.2, 0) is 13.0 Å². The molecule has 180 valence electrons. The number of fused-ring (bicyclic) bond motifs is 3. The number of ketones is 1. The molecule has 2 heterocycles. The zero-order valence-electron chi connectivity index (χ0n) is 20.0. The summed E-state index contributed by atoms with van der Waals surface area (Å²) < 4.78 is 28.4. The van der Waals surface area contributed by atoms with Crippen LogP contribution in [0.3, 0.4) is 0 Å². The molecular weight excluding hydrogens is 446 g/mol. The Balaban J connectivity index is 1.38. The molecule has 0 unspecified atom stereocenters. The second-order valence-corrected chi connectivity index (χ2v) is 8.35. The number of carbonyl (C=O) groups excluding carboxylic acids is 1. The van der Waals surface area contributed by atoms with Crippen LogP contribution in [0, 0.1) is 0 Å². The lowest BCUT2D eigenvalue weighted by Crippen LogP contribution is -2.33. The van der Waals surface area contributed by atoms with Crippen molar-refractivity contribution in [3.05, 3.63) is 82.6 Å². The Labute approximate surface area is 204 Å². The number of nitrogens with zero attached hydrogens (tertiary/aromatic N) is 1. The zero-order chi connectivity index (χ0) is 24.4. The highest BCUT2D eigenvalue weighted by atomic mass is 16.5. The minimum atomic E-state index is -0.168. The summed E-state index contributed by atoms with van der Waals surface area (Å²) in [5, 5.41) is 0. The van der Waals surface area contributed by atoms with Crippen molar-refractivity contribution >= 4 is 11.9 Å². The minimum absolute atomic E-state index is 0.168. The third kappa shape index (κ3) is 4.42. The predicted octanol–water partition coefficient (Wildman–Crippen LogP) is 4.72. The predicted molar refractivity (Wildman–Crippen MR) is 132 cm³/mol. The Hall–Kier alpha value is -3.97. The van der Waals surface area contributed by atoms with Crippen LogP contribution in [0.5, 0.6) is 28.7 Å². The molecule has 35 heavy (non-hydrogen) atoms. The van der Waals surface area contributed by atoms with Crippen LogP contribution in [0.2, 0.25) is 0 Å². The van der Waals surface area contributed by atoms with Crippen molar-refractivity contribution in [3.63, 3.8) is 0 Å². The van der Waals surface area contributed by atoms with Gasteiger partial charge in [0.05, 0.1) is 32.5 Å². The lowest BCUT2D eigenvalue weighted by atomic mass is 10.0. The van der Waals surface area contributed by atoms with Crippen molar-refractivity contribution in [3.8, 4) is 28.7 Å². The first-order chi connectivity index (χ1) is 17.1. The molecule has 0 amide bonds. The van der Waals surface area contributed by atoms with Crippen LogP contribution in [-0.4, -0.2) is 45.3 Å². The Morgan fingerprint density at radius 1 is 0.971 bits per heavy atom. The molecule has 2 aliphatic heterocycles. The standard InChI is InChI=1S/C28H27NO6/c1-31-20-8-10-24(33-3)19(14-20)15-26-27(30)21-9-11-25-22(28(21)35-26)16-29(17-34-25)13-12-18-6-4-5-7-23(18)32-2/h4-11,14-15H,12-13,16-17H2,1-3H3/b26-15-. The van der Waals surface area contributed by atoms with Gasteiger partial charge < -0.3 is 23.7 Å². The highest BCUT2D eigenvalue weighted by Gasteiger charge is 2.33. The van der Waals surface area contributed by atoms with Gasteiger partial charge in [0.2, 0.25) is 5.78 Å². The maximum atomic E-state index is 13.2. The van der Waals surface area contributed by atoms with Crippen LogP contribution in [0.4, 0.5) is 0 Å². The highest BCUT2D eigenvalue weighted by molar-refractivity contribution is 6.15. The second-order valence-electron chi connectivity index (χ2n) is 8.35. The van der Waals surface area contributed by atoms with E-state index in [1.165, 1.54) is 0 Å². The molecule has 7 nitrogen and oxygen atoms in total. The van der Waals surface area contributed by atoms with Gasteiger partial charge in [0.15, 0.2) is 5.76 Å². The van der Waals surface area contributed by atoms with E-state index in [0.717, 1.165) is 35.6 Å². The van der Waals surface area contributed by atoms with E-state index in [2.05, 4.69) is 11.0 Å². The SMILES string of the molecule is COc1ccc(OC)c(/C=C2\Oc3c(ccc4c3CN(CCc3ccccc3OC)CO4)C2=O)c1. The van der Waals surface area contributed by atoms with E-state index < -0.39 is 0 Å². The molecule has 0 N–H and O–H groups in total. The number of allylic oxidation sites excluding steroid dienone is 1. The lowest BCUT2D eigenvalue weighted by molar-refractivity contribution is 0.0948. The summed E-state index contributed by atoms with van der Waals surface area (Å²) in [6.07, 6.45) is 2.51. The maximum absolute atomic E-state index is 13.2. The van der Waals surface area contributed by atoms with E-state index in [4.69, 9.17) is 23.7 Å². The normalized spacial score (nSPS) is 15.7. The van der Waals surface area contributed by atoms with Gasteiger partial charge in [0, 0.05) is 18.7 Å². The Bertz CT molecular complexity index is 1300. The number of methoxy groups -OCH3 is 3. The van der Waals surface area contributed by atoms with Crippen molar-refractivity contribution in [2.45, 2.75) is 13.0 Å². The molecule has 0 aliphatic carbocycles. The first kappa shape index (κ1) is 22.8. The third-order valence-electron chi connectivity index (χ3n) is 6.30. The molecular formula is C28H27NO6. The van der Waals surface area contributed by atoms with Crippen molar-refractivity contribution in [2.24, 2.45) is 0 Å².